The van der Waals surface area contributed by atoms with Gasteiger partial charge >= 0.3 is 0 Å². The molecule has 1 atom stereocenters. The number of aromatic nitrogens is 2. The third-order valence-electron chi connectivity index (χ3n) is 4.81. The molecule has 7 nitrogen and oxygen atoms in total. The highest BCUT2D eigenvalue weighted by Crippen LogP contribution is 2.38. The molecule has 1 aliphatic heterocycles. The van der Waals surface area contributed by atoms with E-state index in [0.29, 0.717) is 28.7 Å². The third-order valence-corrected chi connectivity index (χ3v) is 4.81. The number of hydrogen-bond donors (Lipinski definition) is 2. The quantitative estimate of drug-likeness (QED) is 0.729. The zero-order valence-electron chi connectivity index (χ0n) is 15.5. The van der Waals surface area contributed by atoms with Crippen molar-refractivity contribution in [1.82, 2.24) is 9.97 Å². The fourth-order valence-corrected chi connectivity index (χ4v) is 3.46. The Morgan fingerprint density at radius 1 is 1.00 bits per heavy atom. The topological polar surface area (TPSA) is 93.3 Å². The Hall–Kier alpha value is -3.61. The number of rotatable bonds is 4. The minimum absolute atomic E-state index is 0.151. The molecule has 0 spiro atoms. The number of nitrogens with one attached hydrogen (secondary N) is 2. The molecular weight excluding hydrogens is 358 g/mol. The zero-order chi connectivity index (χ0) is 19.7. The first-order valence-electron chi connectivity index (χ1n) is 8.82. The maximum atomic E-state index is 12.9. The van der Waals surface area contributed by atoms with Crippen molar-refractivity contribution in [1.29, 1.82) is 0 Å². The van der Waals surface area contributed by atoms with Crippen molar-refractivity contribution in [3.05, 3.63) is 70.0 Å². The predicted molar refractivity (Wildman–Crippen MR) is 105 cm³/mol. The minimum Gasteiger partial charge on any atom is -0.493 e. The number of nitrogens with zero attached hydrogens (tertiary/aromatic N) is 1. The highest BCUT2D eigenvalue weighted by molar-refractivity contribution is 5.94. The van der Waals surface area contributed by atoms with Gasteiger partial charge in [0.2, 0.25) is 5.91 Å². The summed E-state index contributed by atoms with van der Waals surface area (Å²) in [7, 11) is 3.10. The monoisotopic (exact) mass is 377 g/mol. The predicted octanol–water partition coefficient (Wildman–Crippen LogP) is 2.93. The van der Waals surface area contributed by atoms with Crippen LogP contribution in [0.15, 0.2) is 53.3 Å². The smallest absolute Gasteiger partial charge is 0.257 e. The van der Waals surface area contributed by atoms with Crippen molar-refractivity contribution in [2.45, 2.75) is 12.3 Å². The summed E-state index contributed by atoms with van der Waals surface area (Å²) < 4.78 is 10.6. The molecule has 0 unspecified atom stereocenters. The summed E-state index contributed by atoms with van der Waals surface area (Å²) in [5, 5.41) is 2.74. The molecule has 4 rings (SSSR count). The van der Waals surface area contributed by atoms with Crippen LogP contribution in [-0.4, -0.2) is 30.1 Å². The summed E-state index contributed by atoms with van der Waals surface area (Å²) in [6.07, 6.45) is 0.151. The molecule has 3 aromatic rings. The van der Waals surface area contributed by atoms with E-state index >= 15 is 0 Å². The summed E-state index contributed by atoms with van der Waals surface area (Å²) >= 11 is 0. The molecule has 0 aliphatic carbocycles. The molecule has 0 radical (unpaired) electrons. The molecule has 1 aliphatic rings. The fraction of sp³-hybridized carbons (Fsp3) is 0.190. The number of carbonyl (C=O) groups excluding carboxylic acids is 1. The number of anilines is 1. The maximum absolute atomic E-state index is 12.9. The first-order chi connectivity index (χ1) is 13.6. The molecule has 2 heterocycles. The van der Waals surface area contributed by atoms with Crippen LogP contribution in [-0.2, 0) is 4.79 Å². The lowest BCUT2D eigenvalue weighted by Crippen LogP contribution is -2.31. The SMILES string of the molecule is COc1ccc([C@H]2CC(=O)Nc3nc(-c4ccccc4)[nH]c(=O)c32)cc1OC. The van der Waals surface area contributed by atoms with Crippen LogP contribution < -0.4 is 20.3 Å². The van der Waals surface area contributed by atoms with Gasteiger partial charge < -0.3 is 19.8 Å². The summed E-state index contributed by atoms with van der Waals surface area (Å²) in [4.78, 5) is 32.6. The van der Waals surface area contributed by atoms with Crippen LogP contribution in [0.2, 0.25) is 0 Å². The third kappa shape index (κ3) is 3.11. The first-order valence-corrected chi connectivity index (χ1v) is 8.82. The molecule has 1 amide bonds. The lowest BCUT2D eigenvalue weighted by Gasteiger charge is -2.25. The van der Waals surface area contributed by atoms with Crippen molar-refractivity contribution < 1.29 is 14.3 Å². The molecule has 0 saturated carbocycles. The van der Waals surface area contributed by atoms with Gasteiger partial charge in [0.15, 0.2) is 11.5 Å². The van der Waals surface area contributed by atoms with E-state index in [1.807, 2.05) is 36.4 Å². The van der Waals surface area contributed by atoms with E-state index in [0.717, 1.165) is 11.1 Å². The van der Waals surface area contributed by atoms with Gasteiger partial charge in [-0.2, -0.15) is 0 Å². The van der Waals surface area contributed by atoms with E-state index in [2.05, 4.69) is 15.3 Å². The minimum atomic E-state index is -0.426. The Morgan fingerprint density at radius 3 is 2.46 bits per heavy atom. The van der Waals surface area contributed by atoms with Gasteiger partial charge in [0.25, 0.3) is 5.56 Å². The fourth-order valence-electron chi connectivity index (χ4n) is 3.46. The van der Waals surface area contributed by atoms with Gasteiger partial charge in [0.1, 0.15) is 11.6 Å². The number of hydrogen-bond acceptors (Lipinski definition) is 5. The largest absolute Gasteiger partial charge is 0.493 e. The van der Waals surface area contributed by atoms with Gasteiger partial charge in [-0.05, 0) is 17.7 Å². The summed E-state index contributed by atoms with van der Waals surface area (Å²) in [5.41, 5.74) is 1.72. The van der Waals surface area contributed by atoms with Gasteiger partial charge in [-0.3, -0.25) is 9.59 Å². The van der Waals surface area contributed by atoms with Crippen molar-refractivity contribution in [2.24, 2.45) is 0 Å². The van der Waals surface area contributed by atoms with Crippen LogP contribution >= 0.6 is 0 Å². The Bertz CT molecular complexity index is 1090. The molecule has 28 heavy (non-hydrogen) atoms. The van der Waals surface area contributed by atoms with Gasteiger partial charge in [0.05, 0.1) is 19.8 Å². The van der Waals surface area contributed by atoms with Crippen molar-refractivity contribution in [2.75, 3.05) is 19.5 Å². The first kappa shape index (κ1) is 17.8. The number of fused-ring (bicyclic) bond motifs is 1. The van der Waals surface area contributed by atoms with Crippen LogP contribution in [0, 0.1) is 0 Å². The number of aromatic amines is 1. The highest BCUT2D eigenvalue weighted by atomic mass is 16.5. The number of benzene rings is 2. The number of ether oxygens (including phenoxy) is 2. The van der Waals surface area contributed by atoms with Crippen LogP contribution in [0.1, 0.15) is 23.5 Å². The molecule has 0 fully saturated rings. The molecule has 142 valence electrons. The Kier molecular flexibility index (Phi) is 4.57. The second-order valence-electron chi connectivity index (χ2n) is 6.46. The van der Waals surface area contributed by atoms with E-state index in [-0.39, 0.29) is 17.9 Å². The number of carbonyl (C=O) groups is 1. The van der Waals surface area contributed by atoms with E-state index < -0.39 is 5.92 Å². The summed E-state index contributed by atoms with van der Waals surface area (Å²) in [5.74, 6) is 1.21. The Balaban J connectivity index is 1.84. The van der Waals surface area contributed by atoms with E-state index in [1.54, 1.807) is 26.4 Å². The number of methoxy groups -OCH3 is 2. The van der Waals surface area contributed by atoms with Gasteiger partial charge in [0, 0.05) is 17.9 Å². The van der Waals surface area contributed by atoms with Crippen LogP contribution in [0.25, 0.3) is 11.4 Å². The second-order valence-corrected chi connectivity index (χ2v) is 6.46. The van der Waals surface area contributed by atoms with Gasteiger partial charge in [-0.15, -0.1) is 0 Å². The lowest BCUT2D eigenvalue weighted by atomic mass is 9.86. The van der Waals surface area contributed by atoms with Crippen molar-refractivity contribution >= 4 is 11.7 Å². The maximum Gasteiger partial charge on any atom is 0.257 e. The number of H-pyrrole nitrogens is 1. The van der Waals surface area contributed by atoms with Gasteiger partial charge in [-0.1, -0.05) is 36.4 Å². The van der Waals surface area contributed by atoms with Crippen LogP contribution in [0.3, 0.4) is 0 Å². The van der Waals surface area contributed by atoms with Crippen LogP contribution in [0.5, 0.6) is 11.5 Å². The summed E-state index contributed by atoms with van der Waals surface area (Å²) in [6.45, 7) is 0. The normalized spacial score (nSPS) is 15.5. The second kappa shape index (κ2) is 7.19. The molecule has 7 heteroatoms. The Labute approximate surface area is 161 Å². The lowest BCUT2D eigenvalue weighted by molar-refractivity contribution is -0.116. The van der Waals surface area contributed by atoms with E-state index in [1.165, 1.54) is 0 Å². The van der Waals surface area contributed by atoms with Crippen molar-refractivity contribution in [3.63, 3.8) is 0 Å². The van der Waals surface area contributed by atoms with Crippen molar-refractivity contribution in [3.8, 4) is 22.9 Å². The standard InChI is InChI=1S/C21H19N3O4/c1-27-15-9-8-13(10-16(15)28-2)14-11-17(25)22-20-18(14)21(26)24-19(23-20)12-6-4-3-5-7-12/h3-10,14H,11H2,1-2H3,(H2,22,23,24,25,26)/t14-/m1/s1. The average molecular weight is 377 g/mol. The van der Waals surface area contributed by atoms with E-state index in [4.69, 9.17) is 9.47 Å². The highest BCUT2D eigenvalue weighted by Gasteiger charge is 2.31. The molecule has 2 N–H and O–H groups in total. The van der Waals surface area contributed by atoms with Crippen LogP contribution in [0.4, 0.5) is 5.82 Å². The molecule has 1 aromatic heterocycles. The molecule has 0 bridgehead atoms. The molecule has 0 saturated heterocycles. The Morgan fingerprint density at radius 2 is 1.75 bits per heavy atom. The zero-order valence-corrected chi connectivity index (χ0v) is 15.5. The average Bonchev–Trinajstić information content (AvgIpc) is 2.72. The molecular formula is C21H19N3O4. The van der Waals surface area contributed by atoms with Gasteiger partial charge in [-0.25, -0.2) is 4.98 Å². The van der Waals surface area contributed by atoms with E-state index in [9.17, 15) is 9.59 Å². The number of amides is 1. The summed E-state index contributed by atoms with van der Waals surface area (Å²) in [6, 6.07) is 14.7. The molecule has 2 aromatic carbocycles.